The first-order valence-corrected chi connectivity index (χ1v) is 7.68. The van der Waals surface area contributed by atoms with Crippen molar-refractivity contribution in [2.24, 2.45) is 5.92 Å². The standard InChI is InChI=1S/C14H18O5S/c15-10-6-14(19,13(17)18)9-5-8(4-3-7-1-2-7)20-12(9)11(10)16/h5,7,10-11,15-16,19H,1-4,6H2,(H,17,18)/t10-,11+,14?/m1/s1. The van der Waals surface area contributed by atoms with Crippen LogP contribution >= 0.6 is 11.3 Å². The summed E-state index contributed by atoms with van der Waals surface area (Å²) in [6, 6.07) is 1.69. The normalized spacial score (nSPS) is 33.0. The summed E-state index contributed by atoms with van der Waals surface area (Å²) in [4.78, 5) is 12.7. The van der Waals surface area contributed by atoms with Crippen LogP contribution in [-0.2, 0) is 16.8 Å². The first-order valence-electron chi connectivity index (χ1n) is 6.87. The molecule has 0 aromatic carbocycles. The summed E-state index contributed by atoms with van der Waals surface area (Å²) in [7, 11) is 0. The van der Waals surface area contributed by atoms with Gasteiger partial charge in [0.05, 0.1) is 6.10 Å². The quantitative estimate of drug-likeness (QED) is 0.669. The van der Waals surface area contributed by atoms with Gasteiger partial charge in [0.15, 0.2) is 5.60 Å². The Bertz CT molecular complexity index is 536. The number of carboxylic acid groups (broad SMARTS) is 1. The molecule has 1 aromatic heterocycles. The van der Waals surface area contributed by atoms with Gasteiger partial charge < -0.3 is 20.4 Å². The van der Waals surface area contributed by atoms with E-state index in [9.17, 15) is 25.2 Å². The Kier molecular flexibility index (Phi) is 3.36. The molecule has 1 unspecified atom stereocenters. The second-order valence-corrected chi connectivity index (χ2v) is 7.02. The van der Waals surface area contributed by atoms with Gasteiger partial charge in [-0.1, -0.05) is 12.8 Å². The smallest absolute Gasteiger partial charge is 0.340 e. The molecule has 0 amide bonds. The van der Waals surface area contributed by atoms with Gasteiger partial charge in [-0.05, 0) is 24.8 Å². The number of aryl methyl sites for hydroxylation is 1. The zero-order valence-corrected chi connectivity index (χ0v) is 11.8. The number of hydrogen-bond donors (Lipinski definition) is 4. The van der Waals surface area contributed by atoms with Crippen molar-refractivity contribution in [3.8, 4) is 0 Å². The lowest BCUT2D eigenvalue weighted by Gasteiger charge is -2.34. The number of carbonyl (C=O) groups is 1. The van der Waals surface area contributed by atoms with Gasteiger partial charge in [0, 0.05) is 21.7 Å². The van der Waals surface area contributed by atoms with E-state index in [2.05, 4.69) is 0 Å². The summed E-state index contributed by atoms with van der Waals surface area (Å²) < 4.78 is 0. The molecule has 0 radical (unpaired) electrons. The molecular weight excluding hydrogens is 280 g/mol. The molecule has 2 aliphatic rings. The largest absolute Gasteiger partial charge is 0.479 e. The van der Waals surface area contributed by atoms with Gasteiger partial charge in [-0.2, -0.15) is 0 Å². The van der Waals surface area contributed by atoms with E-state index in [0.29, 0.717) is 4.88 Å². The Balaban J connectivity index is 1.93. The Hall–Kier alpha value is -0.950. The summed E-state index contributed by atoms with van der Waals surface area (Å²) in [6.45, 7) is 0. The van der Waals surface area contributed by atoms with Crippen molar-refractivity contribution in [1.82, 2.24) is 0 Å². The average molecular weight is 298 g/mol. The minimum absolute atomic E-state index is 0.249. The molecule has 3 atom stereocenters. The molecule has 110 valence electrons. The lowest BCUT2D eigenvalue weighted by atomic mass is 9.80. The van der Waals surface area contributed by atoms with Gasteiger partial charge >= 0.3 is 5.97 Å². The minimum atomic E-state index is -2.09. The van der Waals surface area contributed by atoms with E-state index in [-0.39, 0.29) is 12.0 Å². The van der Waals surface area contributed by atoms with Gasteiger partial charge in [0.2, 0.25) is 0 Å². The lowest BCUT2D eigenvalue weighted by Crippen LogP contribution is -2.44. The van der Waals surface area contributed by atoms with Gasteiger partial charge in [-0.25, -0.2) is 4.79 Å². The van der Waals surface area contributed by atoms with Gasteiger partial charge in [-0.3, -0.25) is 0 Å². The van der Waals surface area contributed by atoms with Crippen LogP contribution in [0.5, 0.6) is 0 Å². The number of aliphatic carboxylic acids is 1. The van der Waals surface area contributed by atoms with Crippen molar-refractivity contribution in [2.45, 2.75) is 49.9 Å². The first-order chi connectivity index (χ1) is 9.41. The molecule has 0 aliphatic heterocycles. The Morgan fingerprint density at radius 3 is 2.70 bits per heavy atom. The molecule has 4 N–H and O–H groups in total. The van der Waals surface area contributed by atoms with Gasteiger partial charge in [0.1, 0.15) is 6.10 Å². The van der Waals surface area contributed by atoms with Crippen molar-refractivity contribution in [3.63, 3.8) is 0 Å². The zero-order chi connectivity index (χ0) is 14.5. The molecule has 20 heavy (non-hydrogen) atoms. The van der Waals surface area contributed by atoms with Crippen LogP contribution < -0.4 is 0 Å². The highest BCUT2D eigenvalue weighted by Crippen LogP contribution is 2.45. The maximum atomic E-state index is 11.3. The van der Waals surface area contributed by atoms with Crippen molar-refractivity contribution in [1.29, 1.82) is 0 Å². The van der Waals surface area contributed by atoms with Crippen LogP contribution in [0.1, 0.15) is 47.1 Å². The van der Waals surface area contributed by atoms with Crippen molar-refractivity contribution in [2.75, 3.05) is 0 Å². The second-order valence-electron chi connectivity index (χ2n) is 5.85. The van der Waals surface area contributed by atoms with E-state index in [0.717, 1.165) is 23.6 Å². The third-order valence-electron chi connectivity index (χ3n) is 4.24. The molecule has 1 fully saturated rings. The Morgan fingerprint density at radius 2 is 2.10 bits per heavy atom. The van der Waals surface area contributed by atoms with Gasteiger partial charge in [-0.15, -0.1) is 11.3 Å². The van der Waals surface area contributed by atoms with E-state index < -0.39 is 23.8 Å². The van der Waals surface area contributed by atoms with Crippen LogP contribution in [0.4, 0.5) is 0 Å². The Morgan fingerprint density at radius 1 is 1.40 bits per heavy atom. The van der Waals surface area contributed by atoms with Crippen molar-refractivity contribution in [3.05, 3.63) is 21.4 Å². The third kappa shape index (κ3) is 2.26. The first kappa shape index (κ1) is 14.0. The fourth-order valence-corrected chi connectivity index (χ4v) is 4.07. The summed E-state index contributed by atoms with van der Waals surface area (Å²) in [5.74, 6) is -0.612. The number of aliphatic hydroxyl groups is 3. The van der Waals surface area contributed by atoms with E-state index >= 15 is 0 Å². The maximum Gasteiger partial charge on any atom is 0.340 e. The number of carboxylic acids is 1. The summed E-state index contributed by atoms with van der Waals surface area (Å²) in [5, 5.41) is 39.4. The SMILES string of the molecule is O=C(O)C1(O)C[C@@H](O)[C@H](O)c2sc(CCC3CC3)cc21. The molecular formula is C14H18O5S. The number of rotatable bonds is 4. The number of fused-ring (bicyclic) bond motifs is 1. The van der Waals surface area contributed by atoms with Crippen LogP contribution in [-0.4, -0.2) is 32.5 Å². The maximum absolute atomic E-state index is 11.3. The molecule has 6 heteroatoms. The van der Waals surface area contributed by atoms with Crippen LogP contribution in [0.2, 0.25) is 0 Å². The van der Waals surface area contributed by atoms with E-state index in [1.54, 1.807) is 6.07 Å². The molecule has 1 heterocycles. The monoisotopic (exact) mass is 298 g/mol. The molecule has 0 spiro atoms. The second kappa shape index (κ2) is 4.80. The minimum Gasteiger partial charge on any atom is -0.479 e. The number of aliphatic hydroxyl groups excluding tert-OH is 2. The van der Waals surface area contributed by atoms with E-state index in [1.807, 2.05) is 0 Å². The highest BCUT2D eigenvalue weighted by Gasteiger charge is 2.49. The zero-order valence-electron chi connectivity index (χ0n) is 11.0. The predicted octanol–water partition coefficient (Wildman–Crippen LogP) is 1.16. The third-order valence-corrected chi connectivity index (χ3v) is 5.51. The molecule has 0 saturated heterocycles. The van der Waals surface area contributed by atoms with Crippen LogP contribution in [0.25, 0.3) is 0 Å². The summed E-state index contributed by atoms with van der Waals surface area (Å²) >= 11 is 1.30. The molecule has 0 bridgehead atoms. The highest BCUT2D eigenvalue weighted by molar-refractivity contribution is 7.12. The molecule has 3 rings (SSSR count). The summed E-state index contributed by atoms with van der Waals surface area (Å²) in [6.07, 6.45) is 1.67. The highest BCUT2D eigenvalue weighted by atomic mass is 32.1. The van der Waals surface area contributed by atoms with Crippen molar-refractivity contribution >= 4 is 17.3 Å². The average Bonchev–Trinajstić information content (AvgIpc) is 3.11. The van der Waals surface area contributed by atoms with Gasteiger partial charge in [0.25, 0.3) is 0 Å². The van der Waals surface area contributed by atoms with Crippen LogP contribution in [0.15, 0.2) is 6.07 Å². The topological polar surface area (TPSA) is 98.0 Å². The summed E-state index contributed by atoms with van der Waals surface area (Å²) in [5.41, 5.74) is -1.85. The number of hydrogen-bond acceptors (Lipinski definition) is 5. The number of thiophene rings is 1. The van der Waals surface area contributed by atoms with E-state index in [1.165, 1.54) is 24.2 Å². The fraction of sp³-hybridized carbons (Fsp3) is 0.643. The fourth-order valence-electron chi connectivity index (χ4n) is 2.78. The molecule has 2 aliphatic carbocycles. The Labute approximate surface area is 120 Å². The molecule has 5 nitrogen and oxygen atoms in total. The van der Waals surface area contributed by atoms with E-state index in [4.69, 9.17) is 0 Å². The van der Waals surface area contributed by atoms with Crippen molar-refractivity contribution < 1.29 is 25.2 Å². The van der Waals surface area contributed by atoms with Crippen LogP contribution in [0.3, 0.4) is 0 Å². The molecule has 1 aromatic rings. The predicted molar refractivity (Wildman–Crippen MR) is 72.5 cm³/mol. The van der Waals surface area contributed by atoms with Crippen LogP contribution in [0, 0.1) is 5.92 Å². The lowest BCUT2D eigenvalue weighted by molar-refractivity contribution is -0.168. The molecule has 1 saturated carbocycles.